The van der Waals surface area contributed by atoms with Gasteiger partial charge in [0.25, 0.3) is 0 Å². The van der Waals surface area contributed by atoms with Gasteiger partial charge < -0.3 is 14.6 Å². The molecule has 0 aliphatic rings. The van der Waals surface area contributed by atoms with Gasteiger partial charge >= 0.3 is 0 Å². The van der Waals surface area contributed by atoms with E-state index < -0.39 is 0 Å². The number of rotatable bonds is 8. The summed E-state index contributed by atoms with van der Waals surface area (Å²) in [5.74, 6) is 2.01. The third-order valence-electron chi connectivity index (χ3n) is 3.62. The van der Waals surface area contributed by atoms with Crippen molar-refractivity contribution in [2.24, 2.45) is 0 Å². The molecular weight excluding hydrogens is 260 g/mol. The van der Waals surface area contributed by atoms with Gasteiger partial charge in [0, 0.05) is 12.7 Å². The molecule has 2 aromatic rings. The summed E-state index contributed by atoms with van der Waals surface area (Å²) in [5.41, 5.74) is 2.59. The average Bonchev–Trinajstić information content (AvgIpc) is 2.95. The molecule has 0 atom stereocenters. The number of furan rings is 1. The van der Waals surface area contributed by atoms with Crippen LogP contribution < -0.4 is 10.2 Å². The summed E-state index contributed by atoms with van der Waals surface area (Å²) < 4.78 is 5.86. The summed E-state index contributed by atoms with van der Waals surface area (Å²) in [7, 11) is 2.10. The number of benzene rings is 1. The Hall–Kier alpha value is -1.74. The smallest absolute Gasteiger partial charge is 0.123 e. The molecule has 1 N–H and O–H groups in total. The first kappa shape index (κ1) is 15.6. The topological polar surface area (TPSA) is 28.4 Å². The zero-order valence-corrected chi connectivity index (χ0v) is 13.4. The molecule has 0 aliphatic carbocycles. The Morgan fingerprint density at radius 2 is 1.71 bits per heavy atom. The molecular formula is C18H26N2O. The standard InChI is InChI=1S/C18H26N2O/c1-4-12-19-13-17-10-11-18(21-17)14-20(3)16-8-6-15(5-2)7-9-16/h6-11,19H,4-5,12-14H2,1-3H3. The molecule has 0 aliphatic heterocycles. The summed E-state index contributed by atoms with van der Waals surface area (Å²) in [6.45, 7) is 6.97. The van der Waals surface area contributed by atoms with Crippen LogP contribution in [0.3, 0.4) is 0 Å². The van der Waals surface area contributed by atoms with Crippen molar-refractivity contribution in [2.45, 2.75) is 39.8 Å². The number of nitrogens with one attached hydrogen (secondary N) is 1. The largest absolute Gasteiger partial charge is 0.463 e. The fraction of sp³-hybridized carbons (Fsp3) is 0.444. The zero-order valence-electron chi connectivity index (χ0n) is 13.4. The van der Waals surface area contributed by atoms with E-state index in [1.807, 2.05) is 0 Å². The van der Waals surface area contributed by atoms with Gasteiger partial charge in [-0.05, 0) is 49.2 Å². The molecule has 3 heteroatoms. The molecule has 0 amide bonds. The predicted molar refractivity (Wildman–Crippen MR) is 88.6 cm³/mol. The third kappa shape index (κ3) is 4.64. The lowest BCUT2D eigenvalue weighted by Gasteiger charge is -2.18. The molecule has 0 saturated carbocycles. The second kappa shape index (κ2) is 7.89. The van der Waals surface area contributed by atoms with E-state index in [-0.39, 0.29) is 0 Å². The molecule has 114 valence electrons. The van der Waals surface area contributed by atoms with Gasteiger partial charge in [0.15, 0.2) is 0 Å². The summed E-state index contributed by atoms with van der Waals surface area (Å²) in [6, 6.07) is 12.9. The summed E-state index contributed by atoms with van der Waals surface area (Å²) in [5, 5.41) is 3.35. The van der Waals surface area contributed by atoms with Crippen LogP contribution in [-0.4, -0.2) is 13.6 Å². The highest BCUT2D eigenvalue weighted by molar-refractivity contribution is 5.47. The van der Waals surface area contributed by atoms with Crippen molar-refractivity contribution in [3.63, 3.8) is 0 Å². The SMILES string of the molecule is CCCNCc1ccc(CN(C)c2ccc(CC)cc2)o1. The lowest BCUT2D eigenvalue weighted by atomic mass is 10.1. The summed E-state index contributed by atoms with van der Waals surface area (Å²) in [6.07, 6.45) is 2.22. The van der Waals surface area contributed by atoms with Crippen LogP contribution in [-0.2, 0) is 19.5 Å². The Balaban J connectivity index is 1.90. The van der Waals surface area contributed by atoms with Gasteiger partial charge in [-0.1, -0.05) is 26.0 Å². The van der Waals surface area contributed by atoms with Gasteiger partial charge in [0.05, 0.1) is 13.1 Å². The molecule has 2 rings (SSSR count). The Kier molecular flexibility index (Phi) is 5.88. The number of aryl methyl sites for hydroxylation is 1. The van der Waals surface area contributed by atoms with Crippen LogP contribution in [0.15, 0.2) is 40.8 Å². The van der Waals surface area contributed by atoms with Gasteiger partial charge in [-0.3, -0.25) is 0 Å². The molecule has 1 heterocycles. The highest BCUT2D eigenvalue weighted by Gasteiger charge is 2.06. The molecule has 0 radical (unpaired) electrons. The lowest BCUT2D eigenvalue weighted by Crippen LogP contribution is -2.16. The lowest BCUT2D eigenvalue weighted by molar-refractivity contribution is 0.446. The Bertz CT molecular complexity index is 530. The van der Waals surface area contributed by atoms with E-state index >= 15 is 0 Å². The average molecular weight is 286 g/mol. The zero-order chi connectivity index (χ0) is 15.1. The van der Waals surface area contributed by atoms with E-state index in [1.54, 1.807) is 0 Å². The molecule has 1 aromatic carbocycles. The van der Waals surface area contributed by atoms with Crippen molar-refractivity contribution in [3.8, 4) is 0 Å². The highest BCUT2D eigenvalue weighted by atomic mass is 16.3. The minimum atomic E-state index is 0.791. The van der Waals surface area contributed by atoms with E-state index in [0.717, 1.165) is 44.0 Å². The third-order valence-corrected chi connectivity index (χ3v) is 3.62. The molecule has 0 saturated heterocycles. The predicted octanol–water partition coefficient (Wildman–Crippen LogP) is 3.98. The van der Waals surface area contributed by atoms with Crippen LogP contribution in [0.5, 0.6) is 0 Å². The van der Waals surface area contributed by atoms with E-state index in [2.05, 4.69) is 67.5 Å². The van der Waals surface area contributed by atoms with E-state index in [4.69, 9.17) is 4.42 Å². The van der Waals surface area contributed by atoms with Gasteiger partial charge in [-0.25, -0.2) is 0 Å². The number of hydrogen-bond acceptors (Lipinski definition) is 3. The van der Waals surface area contributed by atoms with Crippen LogP contribution in [0.1, 0.15) is 37.4 Å². The number of hydrogen-bond donors (Lipinski definition) is 1. The first-order chi connectivity index (χ1) is 10.2. The van der Waals surface area contributed by atoms with Crippen molar-refractivity contribution >= 4 is 5.69 Å². The highest BCUT2D eigenvalue weighted by Crippen LogP contribution is 2.18. The molecule has 3 nitrogen and oxygen atoms in total. The monoisotopic (exact) mass is 286 g/mol. The van der Waals surface area contributed by atoms with Crippen LogP contribution in [0, 0.1) is 0 Å². The molecule has 0 spiro atoms. The van der Waals surface area contributed by atoms with Crippen molar-refractivity contribution in [1.29, 1.82) is 0 Å². The Labute approximate surface area is 128 Å². The van der Waals surface area contributed by atoms with Crippen molar-refractivity contribution < 1.29 is 4.42 Å². The Morgan fingerprint density at radius 1 is 1.00 bits per heavy atom. The quantitative estimate of drug-likeness (QED) is 0.744. The van der Waals surface area contributed by atoms with Crippen molar-refractivity contribution in [3.05, 3.63) is 53.5 Å². The van der Waals surface area contributed by atoms with Crippen LogP contribution in [0.2, 0.25) is 0 Å². The second-order valence-electron chi connectivity index (χ2n) is 5.42. The second-order valence-corrected chi connectivity index (χ2v) is 5.42. The van der Waals surface area contributed by atoms with E-state index in [1.165, 1.54) is 11.3 Å². The van der Waals surface area contributed by atoms with E-state index in [9.17, 15) is 0 Å². The number of nitrogens with zero attached hydrogens (tertiary/aromatic N) is 1. The first-order valence-electron chi connectivity index (χ1n) is 7.81. The van der Waals surface area contributed by atoms with Crippen molar-refractivity contribution in [2.75, 3.05) is 18.5 Å². The van der Waals surface area contributed by atoms with Gasteiger partial charge in [-0.15, -0.1) is 0 Å². The molecule has 0 fully saturated rings. The maximum Gasteiger partial charge on any atom is 0.123 e. The fourth-order valence-electron chi connectivity index (χ4n) is 2.30. The van der Waals surface area contributed by atoms with E-state index in [0.29, 0.717) is 0 Å². The van der Waals surface area contributed by atoms with Gasteiger partial charge in [0.2, 0.25) is 0 Å². The normalized spacial score (nSPS) is 10.8. The molecule has 0 bridgehead atoms. The van der Waals surface area contributed by atoms with Crippen LogP contribution >= 0.6 is 0 Å². The minimum absolute atomic E-state index is 0.791. The van der Waals surface area contributed by atoms with Gasteiger partial charge in [-0.2, -0.15) is 0 Å². The van der Waals surface area contributed by atoms with Gasteiger partial charge in [0.1, 0.15) is 11.5 Å². The van der Waals surface area contributed by atoms with Crippen LogP contribution in [0.4, 0.5) is 5.69 Å². The molecule has 0 unspecified atom stereocenters. The summed E-state index contributed by atoms with van der Waals surface area (Å²) >= 11 is 0. The first-order valence-corrected chi connectivity index (χ1v) is 7.81. The fourth-order valence-corrected chi connectivity index (χ4v) is 2.30. The molecule has 1 aromatic heterocycles. The maximum absolute atomic E-state index is 5.86. The maximum atomic E-state index is 5.86. The van der Waals surface area contributed by atoms with Crippen molar-refractivity contribution in [1.82, 2.24) is 5.32 Å². The Morgan fingerprint density at radius 3 is 2.38 bits per heavy atom. The minimum Gasteiger partial charge on any atom is -0.463 e. The molecule has 21 heavy (non-hydrogen) atoms. The summed E-state index contributed by atoms with van der Waals surface area (Å²) in [4.78, 5) is 2.21. The number of anilines is 1. The van der Waals surface area contributed by atoms with Crippen LogP contribution in [0.25, 0.3) is 0 Å².